The van der Waals surface area contributed by atoms with Gasteiger partial charge in [-0.15, -0.1) is 11.3 Å². The molecular formula is C14H16F6N6S. The van der Waals surface area contributed by atoms with E-state index in [1.807, 2.05) is 0 Å². The normalized spacial score (nSPS) is 13.1. The molecule has 150 valence electrons. The molecule has 0 aromatic carbocycles. The van der Waals surface area contributed by atoms with E-state index in [0.29, 0.717) is 6.54 Å². The molecule has 0 aliphatic rings. The van der Waals surface area contributed by atoms with Gasteiger partial charge in [0, 0.05) is 30.7 Å². The molecule has 2 aromatic rings. The van der Waals surface area contributed by atoms with Crippen molar-refractivity contribution in [2.24, 2.45) is 12.0 Å². The van der Waals surface area contributed by atoms with Gasteiger partial charge in [-0.25, -0.2) is 9.98 Å². The van der Waals surface area contributed by atoms with Crippen molar-refractivity contribution in [3.05, 3.63) is 33.5 Å². The van der Waals surface area contributed by atoms with Crippen LogP contribution in [0.1, 0.15) is 28.9 Å². The smallest absolute Gasteiger partial charge is 0.357 e. The number of aromatic nitrogens is 3. The van der Waals surface area contributed by atoms with Gasteiger partial charge in [-0.1, -0.05) is 0 Å². The van der Waals surface area contributed by atoms with Crippen molar-refractivity contribution >= 4 is 17.3 Å². The van der Waals surface area contributed by atoms with Crippen LogP contribution in [0.4, 0.5) is 26.3 Å². The number of hydrogen-bond donors (Lipinski definition) is 2. The highest BCUT2D eigenvalue weighted by molar-refractivity contribution is 7.09. The summed E-state index contributed by atoms with van der Waals surface area (Å²) in [7, 11) is 1.37. The molecular weight excluding hydrogens is 398 g/mol. The van der Waals surface area contributed by atoms with E-state index in [1.165, 1.54) is 13.2 Å². The second kappa shape index (κ2) is 8.15. The van der Waals surface area contributed by atoms with Gasteiger partial charge in [0.05, 0.1) is 13.1 Å². The highest BCUT2D eigenvalue weighted by Gasteiger charge is 2.37. The van der Waals surface area contributed by atoms with Gasteiger partial charge in [-0.3, -0.25) is 4.68 Å². The molecule has 0 aliphatic carbocycles. The number of aliphatic imine (C=N–C) groups is 1. The van der Waals surface area contributed by atoms with Crippen LogP contribution in [0, 0.1) is 0 Å². The molecule has 6 nitrogen and oxygen atoms in total. The second-order valence-electron chi connectivity index (χ2n) is 5.35. The maximum absolute atomic E-state index is 12.9. The van der Waals surface area contributed by atoms with Crippen molar-refractivity contribution in [2.75, 3.05) is 6.54 Å². The van der Waals surface area contributed by atoms with Crippen LogP contribution in [0.15, 0.2) is 16.6 Å². The van der Waals surface area contributed by atoms with E-state index >= 15 is 0 Å². The molecule has 13 heteroatoms. The fourth-order valence-electron chi connectivity index (χ4n) is 2.08. The maximum atomic E-state index is 12.9. The van der Waals surface area contributed by atoms with Gasteiger partial charge >= 0.3 is 12.4 Å². The lowest BCUT2D eigenvalue weighted by atomic mass is 10.2. The number of halogens is 6. The van der Waals surface area contributed by atoms with Crippen molar-refractivity contribution in [1.82, 2.24) is 25.4 Å². The van der Waals surface area contributed by atoms with E-state index in [9.17, 15) is 26.3 Å². The molecule has 0 saturated heterocycles. The van der Waals surface area contributed by atoms with E-state index in [-0.39, 0.29) is 29.6 Å². The zero-order valence-electron chi connectivity index (χ0n) is 14.2. The minimum absolute atomic E-state index is 0.0499. The van der Waals surface area contributed by atoms with Crippen LogP contribution in [0.2, 0.25) is 0 Å². The first-order chi connectivity index (χ1) is 12.5. The van der Waals surface area contributed by atoms with Gasteiger partial charge < -0.3 is 10.6 Å². The molecule has 0 atom stereocenters. The number of rotatable bonds is 5. The number of nitrogens with one attached hydrogen (secondary N) is 2. The van der Waals surface area contributed by atoms with Crippen LogP contribution >= 0.6 is 11.3 Å². The molecule has 2 N–H and O–H groups in total. The third-order valence-corrected chi connectivity index (χ3v) is 4.02. The molecule has 0 aliphatic heterocycles. The molecule has 0 unspecified atom stereocenters. The molecule has 0 radical (unpaired) electrons. The van der Waals surface area contributed by atoms with Gasteiger partial charge in [0.15, 0.2) is 17.3 Å². The Balaban J connectivity index is 2.08. The molecule has 2 heterocycles. The van der Waals surface area contributed by atoms with Crippen molar-refractivity contribution < 1.29 is 26.3 Å². The van der Waals surface area contributed by atoms with Gasteiger partial charge in [-0.2, -0.15) is 31.4 Å². The Morgan fingerprint density at radius 1 is 1.19 bits per heavy atom. The first kappa shape index (κ1) is 21.0. The number of hydrogen-bond acceptors (Lipinski definition) is 4. The fourth-order valence-corrected chi connectivity index (χ4v) is 2.82. The number of thiazole rings is 1. The molecule has 0 spiro atoms. The average Bonchev–Trinajstić information content (AvgIpc) is 3.16. The van der Waals surface area contributed by atoms with Crippen molar-refractivity contribution in [3.63, 3.8) is 0 Å². The van der Waals surface area contributed by atoms with Crippen molar-refractivity contribution in [3.8, 4) is 0 Å². The zero-order chi connectivity index (χ0) is 20.2. The summed E-state index contributed by atoms with van der Waals surface area (Å²) in [5, 5.41) is 10.0. The molecule has 0 amide bonds. The van der Waals surface area contributed by atoms with E-state index in [2.05, 4.69) is 25.7 Å². The van der Waals surface area contributed by atoms with Crippen LogP contribution < -0.4 is 10.6 Å². The predicted octanol–water partition coefficient (Wildman–Crippen LogP) is 3.17. The van der Waals surface area contributed by atoms with E-state index in [1.54, 1.807) is 6.92 Å². The summed E-state index contributed by atoms with van der Waals surface area (Å²) in [4.78, 5) is 7.51. The SMILES string of the molecule is CCNC(=NCc1cn(C)nc1C(F)(F)F)NCc1nc(C(F)(F)F)cs1. The van der Waals surface area contributed by atoms with Gasteiger partial charge in [0.2, 0.25) is 0 Å². The van der Waals surface area contributed by atoms with Crippen LogP contribution in [0.5, 0.6) is 0 Å². The summed E-state index contributed by atoms with van der Waals surface area (Å²) in [5.41, 5.74) is -2.13. The van der Waals surface area contributed by atoms with E-state index in [4.69, 9.17) is 0 Å². The summed E-state index contributed by atoms with van der Waals surface area (Å²) in [5.74, 6) is 0.151. The lowest BCUT2D eigenvalue weighted by Crippen LogP contribution is -2.36. The summed E-state index contributed by atoms with van der Waals surface area (Å²) >= 11 is 0.822. The van der Waals surface area contributed by atoms with Gasteiger partial charge in [0.25, 0.3) is 0 Å². The Labute approximate surface area is 154 Å². The van der Waals surface area contributed by atoms with Crippen molar-refractivity contribution in [1.29, 1.82) is 0 Å². The summed E-state index contributed by atoms with van der Waals surface area (Å²) in [6, 6.07) is 0. The van der Waals surface area contributed by atoms with Crippen LogP contribution in [0.25, 0.3) is 0 Å². The lowest BCUT2D eigenvalue weighted by molar-refractivity contribution is -0.142. The number of aryl methyl sites for hydroxylation is 1. The standard InChI is InChI=1S/C14H16F6N6S/c1-3-21-12(23-5-10-24-9(7-27-10)13(15,16)17)22-4-8-6-26(2)25-11(8)14(18,19)20/h6-7H,3-5H2,1-2H3,(H2,21,22,23). The Bertz CT molecular complexity index is 791. The third kappa shape index (κ3) is 5.84. The van der Waals surface area contributed by atoms with Gasteiger partial charge in [0.1, 0.15) is 5.01 Å². The molecule has 2 aromatic heterocycles. The molecule has 0 bridgehead atoms. The highest BCUT2D eigenvalue weighted by Crippen LogP contribution is 2.31. The molecule has 2 rings (SSSR count). The van der Waals surface area contributed by atoms with E-state index < -0.39 is 23.7 Å². The molecule has 0 saturated carbocycles. The van der Waals surface area contributed by atoms with Gasteiger partial charge in [-0.05, 0) is 6.92 Å². The van der Waals surface area contributed by atoms with Crippen LogP contribution in [-0.4, -0.2) is 27.3 Å². The predicted molar refractivity (Wildman–Crippen MR) is 87.0 cm³/mol. The molecule has 0 fully saturated rings. The largest absolute Gasteiger partial charge is 0.435 e. The monoisotopic (exact) mass is 414 g/mol. The second-order valence-corrected chi connectivity index (χ2v) is 6.29. The van der Waals surface area contributed by atoms with Crippen LogP contribution in [-0.2, 0) is 32.5 Å². The first-order valence-corrected chi connectivity index (χ1v) is 8.52. The lowest BCUT2D eigenvalue weighted by Gasteiger charge is -2.10. The number of guanidine groups is 1. The summed E-state index contributed by atoms with van der Waals surface area (Å²) in [6.45, 7) is 1.81. The zero-order valence-corrected chi connectivity index (χ0v) is 15.1. The van der Waals surface area contributed by atoms with Crippen LogP contribution in [0.3, 0.4) is 0 Å². The Hall–Kier alpha value is -2.31. The number of nitrogens with zero attached hydrogens (tertiary/aromatic N) is 4. The summed E-state index contributed by atoms with van der Waals surface area (Å²) in [6.07, 6.45) is -7.92. The summed E-state index contributed by atoms with van der Waals surface area (Å²) < 4.78 is 77.5. The Morgan fingerprint density at radius 3 is 2.44 bits per heavy atom. The maximum Gasteiger partial charge on any atom is 0.435 e. The minimum Gasteiger partial charge on any atom is -0.357 e. The number of alkyl halides is 6. The quantitative estimate of drug-likeness (QED) is 0.448. The Kier molecular flexibility index (Phi) is 6.34. The van der Waals surface area contributed by atoms with E-state index in [0.717, 1.165) is 21.4 Å². The molecule has 27 heavy (non-hydrogen) atoms. The Morgan fingerprint density at radius 2 is 1.89 bits per heavy atom. The topological polar surface area (TPSA) is 67.1 Å². The fraction of sp³-hybridized carbons (Fsp3) is 0.500. The van der Waals surface area contributed by atoms with Crippen molar-refractivity contribution in [2.45, 2.75) is 32.4 Å². The highest BCUT2D eigenvalue weighted by atomic mass is 32.1. The first-order valence-electron chi connectivity index (χ1n) is 7.64. The average molecular weight is 414 g/mol. The minimum atomic E-state index is -4.60. The third-order valence-electron chi connectivity index (χ3n) is 3.17.